The Morgan fingerprint density at radius 1 is 1.60 bits per heavy atom. The lowest BCUT2D eigenvalue weighted by molar-refractivity contribution is 0.153. The van der Waals surface area contributed by atoms with Crippen LogP contribution < -0.4 is 0 Å². The average Bonchev–Trinajstić information content (AvgIpc) is 1.95. The molecule has 60 valence electrons. The van der Waals surface area contributed by atoms with Gasteiger partial charge in [-0.05, 0) is 12.7 Å². The summed E-state index contributed by atoms with van der Waals surface area (Å²) in [5.74, 6) is 0.223. The zero-order valence-electron chi connectivity index (χ0n) is 6.51. The molecule has 10 heavy (non-hydrogen) atoms. The highest BCUT2D eigenvalue weighted by molar-refractivity contribution is 7.96. The number of rotatable bonds is 1. The summed E-state index contributed by atoms with van der Waals surface area (Å²) in [4.78, 5) is 0. The van der Waals surface area contributed by atoms with Crippen LogP contribution in [-0.4, -0.2) is 29.8 Å². The van der Waals surface area contributed by atoms with E-state index in [0.717, 1.165) is 13.1 Å². The lowest BCUT2D eigenvalue weighted by atomic mass is 10.00. The zero-order valence-corrected chi connectivity index (χ0v) is 7.33. The molecular formula is C7H14FNS. The summed E-state index contributed by atoms with van der Waals surface area (Å²) < 4.78 is 15.1. The molecule has 1 aliphatic heterocycles. The fourth-order valence-electron chi connectivity index (χ4n) is 1.24. The summed E-state index contributed by atoms with van der Waals surface area (Å²) in [6, 6.07) is 0. The van der Waals surface area contributed by atoms with Gasteiger partial charge in [-0.2, -0.15) is 0 Å². The highest BCUT2D eigenvalue weighted by Crippen LogP contribution is 2.22. The summed E-state index contributed by atoms with van der Waals surface area (Å²) in [6.07, 6.45) is 2.19. The third kappa shape index (κ3) is 1.86. The van der Waals surface area contributed by atoms with E-state index in [9.17, 15) is 4.39 Å². The molecule has 0 aromatic heterocycles. The zero-order chi connectivity index (χ0) is 7.56. The molecule has 3 heteroatoms. The predicted octanol–water partition coefficient (Wildman–Crippen LogP) is 1.94. The number of alkyl halides is 1. The lowest BCUT2D eigenvalue weighted by Crippen LogP contribution is -2.35. The topological polar surface area (TPSA) is 3.24 Å². The van der Waals surface area contributed by atoms with Gasteiger partial charge in [-0.15, -0.1) is 0 Å². The van der Waals surface area contributed by atoms with E-state index in [1.165, 1.54) is 0 Å². The average molecular weight is 163 g/mol. The van der Waals surface area contributed by atoms with E-state index >= 15 is 0 Å². The number of hydrogen-bond acceptors (Lipinski definition) is 2. The van der Waals surface area contributed by atoms with Crippen LogP contribution in [0.15, 0.2) is 0 Å². The molecule has 0 bridgehead atoms. The molecular weight excluding hydrogens is 149 g/mol. The fraction of sp³-hybridized carbons (Fsp3) is 1.00. The highest BCUT2D eigenvalue weighted by atomic mass is 32.2. The molecule has 1 rings (SSSR count). The van der Waals surface area contributed by atoms with Crippen molar-refractivity contribution < 1.29 is 4.39 Å². The molecule has 2 atom stereocenters. The molecule has 1 nitrogen and oxygen atoms in total. The first-order valence-corrected chi connectivity index (χ1v) is 4.85. The standard InChI is InChI=1S/C7H14FNS/c1-6-5-9(10-2)4-3-7(6)8/h6-7H,3-5H2,1-2H3. The van der Waals surface area contributed by atoms with Crippen LogP contribution in [0.3, 0.4) is 0 Å². The van der Waals surface area contributed by atoms with Crippen molar-refractivity contribution in [2.75, 3.05) is 19.3 Å². The van der Waals surface area contributed by atoms with Crippen LogP contribution in [0.5, 0.6) is 0 Å². The first-order valence-electron chi connectivity index (χ1n) is 3.67. The molecule has 0 aromatic carbocycles. The van der Waals surface area contributed by atoms with Gasteiger partial charge in [-0.25, -0.2) is 4.39 Å². The van der Waals surface area contributed by atoms with Gasteiger partial charge in [0.15, 0.2) is 0 Å². The maximum absolute atomic E-state index is 12.9. The van der Waals surface area contributed by atoms with Crippen molar-refractivity contribution in [1.82, 2.24) is 4.31 Å². The molecule has 0 N–H and O–H groups in total. The summed E-state index contributed by atoms with van der Waals surface area (Å²) in [6.45, 7) is 3.79. The summed E-state index contributed by atoms with van der Waals surface area (Å²) in [5.41, 5.74) is 0. The van der Waals surface area contributed by atoms with Crippen molar-refractivity contribution in [3.63, 3.8) is 0 Å². The second kappa shape index (κ2) is 3.58. The van der Waals surface area contributed by atoms with E-state index in [1.54, 1.807) is 11.9 Å². The highest BCUT2D eigenvalue weighted by Gasteiger charge is 2.24. The van der Waals surface area contributed by atoms with Crippen molar-refractivity contribution in [3.8, 4) is 0 Å². The van der Waals surface area contributed by atoms with Crippen LogP contribution in [0.1, 0.15) is 13.3 Å². The molecule has 1 saturated heterocycles. The molecule has 0 spiro atoms. The molecule has 0 amide bonds. The van der Waals surface area contributed by atoms with Gasteiger partial charge in [0, 0.05) is 19.0 Å². The van der Waals surface area contributed by atoms with Gasteiger partial charge in [-0.3, -0.25) is 4.31 Å². The maximum atomic E-state index is 12.9. The number of halogens is 1. The van der Waals surface area contributed by atoms with Crippen LogP contribution in [0, 0.1) is 5.92 Å². The quantitative estimate of drug-likeness (QED) is 0.543. The molecule has 0 aromatic rings. The Morgan fingerprint density at radius 2 is 2.30 bits per heavy atom. The van der Waals surface area contributed by atoms with E-state index in [2.05, 4.69) is 4.31 Å². The van der Waals surface area contributed by atoms with Gasteiger partial charge < -0.3 is 0 Å². The van der Waals surface area contributed by atoms with Crippen molar-refractivity contribution >= 4 is 11.9 Å². The van der Waals surface area contributed by atoms with E-state index in [0.29, 0.717) is 6.42 Å². The fourth-order valence-corrected chi connectivity index (χ4v) is 1.92. The van der Waals surface area contributed by atoms with Crippen LogP contribution in [-0.2, 0) is 0 Å². The van der Waals surface area contributed by atoms with Crippen molar-refractivity contribution in [2.24, 2.45) is 5.92 Å². The van der Waals surface area contributed by atoms with E-state index in [-0.39, 0.29) is 5.92 Å². The van der Waals surface area contributed by atoms with E-state index < -0.39 is 6.17 Å². The predicted molar refractivity (Wildman–Crippen MR) is 43.8 cm³/mol. The number of nitrogens with zero attached hydrogens (tertiary/aromatic N) is 1. The molecule has 0 saturated carbocycles. The Morgan fingerprint density at radius 3 is 2.80 bits per heavy atom. The Balaban J connectivity index is 2.33. The van der Waals surface area contributed by atoms with Gasteiger partial charge >= 0.3 is 0 Å². The van der Waals surface area contributed by atoms with Gasteiger partial charge in [0.25, 0.3) is 0 Å². The summed E-state index contributed by atoms with van der Waals surface area (Å²) >= 11 is 1.72. The minimum absolute atomic E-state index is 0.223. The molecule has 0 aliphatic carbocycles. The van der Waals surface area contributed by atoms with Crippen LogP contribution in [0.25, 0.3) is 0 Å². The molecule has 1 heterocycles. The Bertz CT molecular complexity index is 110. The summed E-state index contributed by atoms with van der Waals surface area (Å²) in [5, 5.41) is 0. The van der Waals surface area contributed by atoms with Crippen molar-refractivity contribution in [1.29, 1.82) is 0 Å². The van der Waals surface area contributed by atoms with Gasteiger partial charge in [-0.1, -0.05) is 18.9 Å². The minimum Gasteiger partial charge on any atom is -0.250 e. The normalized spacial score (nSPS) is 36.3. The molecule has 1 aliphatic rings. The minimum atomic E-state index is -0.566. The van der Waals surface area contributed by atoms with Gasteiger partial charge in [0.1, 0.15) is 6.17 Å². The maximum Gasteiger partial charge on any atom is 0.105 e. The van der Waals surface area contributed by atoms with E-state index in [1.807, 2.05) is 13.2 Å². The van der Waals surface area contributed by atoms with E-state index in [4.69, 9.17) is 0 Å². The first-order chi connectivity index (χ1) is 4.74. The van der Waals surface area contributed by atoms with Crippen LogP contribution >= 0.6 is 11.9 Å². The molecule has 2 unspecified atom stereocenters. The third-order valence-electron chi connectivity index (χ3n) is 2.02. The molecule has 1 fully saturated rings. The lowest BCUT2D eigenvalue weighted by Gasteiger charge is -2.31. The monoisotopic (exact) mass is 163 g/mol. The van der Waals surface area contributed by atoms with Gasteiger partial charge in [0.05, 0.1) is 0 Å². The van der Waals surface area contributed by atoms with Crippen LogP contribution in [0.4, 0.5) is 4.39 Å². The summed E-state index contributed by atoms with van der Waals surface area (Å²) in [7, 11) is 0. The first kappa shape index (κ1) is 8.34. The van der Waals surface area contributed by atoms with Crippen molar-refractivity contribution in [3.05, 3.63) is 0 Å². The second-order valence-corrected chi connectivity index (χ2v) is 3.73. The van der Waals surface area contributed by atoms with Crippen LogP contribution in [0.2, 0.25) is 0 Å². The smallest absolute Gasteiger partial charge is 0.105 e. The Kier molecular flexibility index (Phi) is 2.98. The number of piperidine rings is 1. The second-order valence-electron chi connectivity index (χ2n) is 2.85. The Hall–Kier alpha value is 0.240. The number of hydrogen-bond donors (Lipinski definition) is 0. The van der Waals surface area contributed by atoms with Crippen molar-refractivity contribution in [2.45, 2.75) is 19.5 Å². The van der Waals surface area contributed by atoms with Gasteiger partial charge in [0.2, 0.25) is 0 Å². The molecule has 0 radical (unpaired) electrons. The Labute approximate surface area is 66.1 Å². The third-order valence-corrected chi connectivity index (χ3v) is 2.87. The largest absolute Gasteiger partial charge is 0.250 e. The SMILES string of the molecule is CSN1CCC(F)C(C)C1.